The zero-order chi connectivity index (χ0) is 20.1. The van der Waals surface area contributed by atoms with Gasteiger partial charge in [0.15, 0.2) is 5.17 Å². The number of rotatable bonds is 3. The molecule has 1 fully saturated rings. The van der Waals surface area contributed by atoms with Gasteiger partial charge in [0.05, 0.1) is 11.7 Å². The quantitative estimate of drug-likeness (QED) is 0.368. The van der Waals surface area contributed by atoms with Crippen LogP contribution < -0.4 is 0 Å². The van der Waals surface area contributed by atoms with E-state index < -0.39 is 0 Å². The molecule has 2 aliphatic rings. The number of aliphatic imine (C=N–C) groups is 1. The number of aromatic nitrogens is 1. The number of benzene rings is 3. The Morgan fingerprint density at radius 1 is 0.933 bits per heavy atom. The Morgan fingerprint density at radius 2 is 1.63 bits per heavy atom. The van der Waals surface area contributed by atoms with Crippen molar-refractivity contribution in [3.05, 3.63) is 90.3 Å². The third kappa shape index (κ3) is 2.67. The van der Waals surface area contributed by atoms with Crippen LogP contribution in [0.1, 0.15) is 36.7 Å². The van der Waals surface area contributed by atoms with Crippen molar-refractivity contribution in [2.24, 2.45) is 4.99 Å². The molecule has 30 heavy (non-hydrogen) atoms. The summed E-state index contributed by atoms with van der Waals surface area (Å²) in [4.78, 5) is 12.6. The minimum atomic E-state index is 0.0114. The second-order valence-electron chi connectivity index (χ2n) is 8.07. The number of nitrogens with zero attached hydrogens (tertiary/aromatic N) is 3. The Balaban J connectivity index is 1.66. The number of hydrogen-bond donors (Lipinski definition) is 0. The highest BCUT2D eigenvalue weighted by atomic mass is 32.2. The highest BCUT2D eigenvalue weighted by Gasteiger charge is 2.46. The van der Waals surface area contributed by atoms with E-state index in [4.69, 9.17) is 9.98 Å². The molecule has 4 heteroatoms. The van der Waals surface area contributed by atoms with Gasteiger partial charge in [-0.2, -0.15) is 0 Å². The van der Waals surface area contributed by atoms with E-state index in [2.05, 4.69) is 78.6 Å². The molecule has 0 spiro atoms. The first-order valence-electron chi connectivity index (χ1n) is 10.7. The maximum absolute atomic E-state index is 5.23. The summed E-state index contributed by atoms with van der Waals surface area (Å²) in [6.07, 6.45) is 3.02. The third-order valence-electron chi connectivity index (χ3n) is 6.44. The average molecular weight is 410 g/mol. The van der Waals surface area contributed by atoms with Crippen LogP contribution in [0.4, 0.5) is 0 Å². The highest BCUT2D eigenvalue weighted by molar-refractivity contribution is 8.14. The molecule has 1 aromatic heterocycles. The summed E-state index contributed by atoms with van der Waals surface area (Å²) in [5.41, 5.74) is 2.44. The maximum Gasteiger partial charge on any atom is 0.160 e. The van der Waals surface area contributed by atoms with Gasteiger partial charge >= 0.3 is 0 Å². The molecule has 1 saturated heterocycles. The predicted molar refractivity (Wildman–Crippen MR) is 127 cm³/mol. The molecule has 0 unspecified atom stereocenters. The van der Waals surface area contributed by atoms with Crippen LogP contribution in [0.2, 0.25) is 0 Å². The fraction of sp³-hybridized carbons (Fsp3) is 0.231. The number of pyridine rings is 1. The topological polar surface area (TPSA) is 28.5 Å². The van der Waals surface area contributed by atoms with Gasteiger partial charge in [0, 0.05) is 18.0 Å². The summed E-state index contributed by atoms with van der Waals surface area (Å²) >= 11 is 1.90. The monoisotopic (exact) mass is 409 g/mol. The van der Waals surface area contributed by atoms with Crippen LogP contribution in [0, 0.1) is 0 Å². The molecule has 0 saturated carbocycles. The van der Waals surface area contributed by atoms with Gasteiger partial charge in [0.1, 0.15) is 6.04 Å². The molecule has 0 bridgehead atoms. The van der Waals surface area contributed by atoms with Crippen LogP contribution in [-0.4, -0.2) is 26.8 Å². The molecule has 0 N–H and O–H groups in total. The van der Waals surface area contributed by atoms with Gasteiger partial charge < -0.3 is 4.90 Å². The molecule has 3 nitrogen and oxygen atoms in total. The zero-order valence-corrected chi connectivity index (χ0v) is 17.7. The number of fused-ring (bicyclic) bond motifs is 3. The van der Waals surface area contributed by atoms with Crippen molar-refractivity contribution in [1.29, 1.82) is 0 Å². The summed E-state index contributed by atoms with van der Waals surface area (Å²) in [7, 11) is 0. The van der Waals surface area contributed by atoms with E-state index in [1.165, 1.54) is 32.3 Å². The first-order valence-corrected chi connectivity index (χ1v) is 11.6. The van der Waals surface area contributed by atoms with E-state index in [0.717, 1.165) is 17.9 Å². The fourth-order valence-corrected chi connectivity index (χ4v) is 6.37. The second-order valence-corrected chi connectivity index (χ2v) is 9.06. The maximum atomic E-state index is 5.23. The Kier molecular flexibility index (Phi) is 4.27. The molecular formula is C26H23N3S. The van der Waals surface area contributed by atoms with Gasteiger partial charge in [-0.25, -0.2) is 0 Å². The van der Waals surface area contributed by atoms with Gasteiger partial charge in [-0.3, -0.25) is 9.98 Å². The van der Waals surface area contributed by atoms with Crippen molar-refractivity contribution in [1.82, 2.24) is 9.88 Å². The summed E-state index contributed by atoms with van der Waals surface area (Å²) in [5.74, 6) is 1.11. The van der Waals surface area contributed by atoms with Crippen LogP contribution in [0.25, 0.3) is 21.5 Å². The normalized spacial score (nSPS) is 23.2. The van der Waals surface area contributed by atoms with Crippen LogP contribution in [0.3, 0.4) is 0 Å². The van der Waals surface area contributed by atoms with Crippen molar-refractivity contribution in [3.63, 3.8) is 0 Å². The Labute approximate surface area is 180 Å². The fourth-order valence-electron chi connectivity index (χ4n) is 5.03. The Morgan fingerprint density at radius 3 is 2.30 bits per heavy atom. The lowest BCUT2D eigenvalue weighted by molar-refractivity contribution is 0.258. The van der Waals surface area contributed by atoms with E-state index in [0.29, 0.717) is 6.04 Å². The summed E-state index contributed by atoms with van der Waals surface area (Å²) < 4.78 is 0. The van der Waals surface area contributed by atoms with E-state index >= 15 is 0 Å². The van der Waals surface area contributed by atoms with Crippen molar-refractivity contribution in [3.8, 4) is 0 Å². The van der Waals surface area contributed by atoms with Gasteiger partial charge in [-0.1, -0.05) is 73.3 Å². The summed E-state index contributed by atoms with van der Waals surface area (Å²) in [5, 5.41) is 6.41. The van der Waals surface area contributed by atoms with E-state index in [-0.39, 0.29) is 12.1 Å². The molecule has 0 aliphatic carbocycles. The molecule has 0 radical (unpaired) electrons. The third-order valence-corrected chi connectivity index (χ3v) is 7.56. The standard InChI is InChI=1S/C26H23N3S/c1-2-19-16-30-26-28-24(22-13-7-8-14-27-22)25(29(19)26)23-20-11-5-3-9-17(20)15-18-10-4-6-12-21(18)23/h3-15,19,24-25H,2,16H2,1H3/t19-,24+,25+/m0/s1. The van der Waals surface area contributed by atoms with Crippen LogP contribution in [-0.2, 0) is 0 Å². The van der Waals surface area contributed by atoms with E-state index in [9.17, 15) is 0 Å². The molecule has 6 rings (SSSR count). The van der Waals surface area contributed by atoms with Gasteiger partial charge in [-0.05, 0) is 51.7 Å². The van der Waals surface area contributed by atoms with Crippen LogP contribution in [0.5, 0.6) is 0 Å². The summed E-state index contributed by atoms with van der Waals surface area (Å²) in [6.45, 7) is 2.29. The Bertz CT molecular complexity index is 1210. The van der Waals surface area contributed by atoms with Crippen LogP contribution >= 0.6 is 11.8 Å². The van der Waals surface area contributed by atoms with Crippen molar-refractivity contribution >= 4 is 38.5 Å². The minimum Gasteiger partial charge on any atom is -0.338 e. The zero-order valence-electron chi connectivity index (χ0n) is 16.9. The highest BCUT2D eigenvalue weighted by Crippen LogP contribution is 2.51. The number of amidine groups is 1. The number of hydrogen-bond acceptors (Lipinski definition) is 4. The molecule has 2 aliphatic heterocycles. The molecule has 3 atom stereocenters. The van der Waals surface area contributed by atoms with Gasteiger partial charge in [0.2, 0.25) is 0 Å². The molecule has 0 amide bonds. The van der Waals surface area contributed by atoms with Crippen molar-refractivity contribution in [2.75, 3.05) is 5.75 Å². The SMILES string of the molecule is CC[C@H]1CSC2=N[C@H](c3ccccn3)[C@@H](c3c4ccccc4cc4ccccc34)N21. The van der Waals surface area contributed by atoms with E-state index in [1.54, 1.807) is 0 Å². The average Bonchev–Trinajstić information content (AvgIpc) is 3.37. The van der Waals surface area contributed by atoms with Crippen molar-refractivity contribution in [2.45, 2.75) is 31.5 Å². The lowest BCUT2D eigenvalue weighted by atomic mass is 9.87. The van der Waals surface area contributed by atoms with Gasteiger partial charge in [-0.15, -0.1) is 0 Å². The molecular weight excluding hydrogens is 386 g/mol. The molecule has 3 heterocycles. The van der Waals surface area contributed by atoms with Crippen molar-refractivity contribution < 1.29 is 0 Å². The van der Waals surface area contributed by atoms with E-state index in [1.807, 2.05) is 24.0 Å². The second kappa shape index (κ2) is 7.13. The smallest absolute Gasteiger partial charge is 0.160 e. The van der Waals surface area contributed by atoms with Crippen LogP contribution in [0.15, 0.2) is 84.0 Å². The summed E-state index contributed by atoms with van der Waals surface area (Å²) in [6, 6.07) is 26.8. The minimum absolute atomic E-state index is 0.0114. The van der Waals surface area contributed by atoms with Gasteiger partial charge in [0.25, 0.3) is 0 Å². The lowest BCUT2D eigenvalue weighted by Crippen LogP contribution is -2.35. The predicted octanol–water partition coefficient (Wildman–Crippen LogP) is 6.37. The molecule has 3 aromatic carbocycles. The molecule has 4 aromatic rings. The number of thioether (sulfide) groups is 1. The Hall–Kier alpha value is -2.85. The first kappa shape index (κ1) is 18.0. The first-order chi connectivity index (χ1) is 14.8. The largest absolute Gasteiger partial charge is 0.338 e. The molecule has 148 valence electrons. The lowest BCUT2D eigenvalue weighted by Gasteiger charge is -2.33.